The lowest BCUT2D eigenvalue weighted by Crippen LogP contribution is -2.06. The second-order valence-corrected chi connectivity index (χ2v) is 3.56. The van der Waals surface area contributed by atoms with Gasteiger partial charge in [0.25, 0.3) is 0 Å². The molecule has 0 bridgehead atoms. The maximum atomic E-state index is 13.3. The van der Waals surface area contributed by atoms with Crippen LogP contribution in [0.2, 0.25) is 0 Å². The van der Waals surface area contributed by atoms with Gasteiger partial charge in [-0.15, -0.1) is 0 Å². The fourth-order valence-electron chi connectivity index (χ4n) is 1.30. The van der Waals surface area contributed by atoms with Crippen molar-refractivity contribution in [3.05, 3.63) is 35.7 Å². The first-order chi connectivity index (χ1) is 6.93. The molecule has 0 aliphatic rings. The summed E-state index contributed by atoms with van der Waals surface area (Å²) in [6.45, 7) is 5.05. The van der Waals surface area contributed by atoms with Crippen LogP contribution in [0.25, 0.3) is 5.70 Å². The lowest BCUT2D eigenvalue weighted by atomic mass is 10.1. The Kier molecular flexibility index (Phi) is 3.64. The summed E-state index contributed by atoms with van der Waals surface area (Å²) in [5, 5.41) is 0. The minimum absolute atomic E-state index is 0.0922. The van der Waals surface area contributed by atoms with Crippen molar-refractivity contribution >= 4 is 14.9 Å². The van der Waals surface area contributed by atoms with Gasteiger partial charge in [0.05, 0.1) is 0 Å². The van der Waals surface area contributed by atoms with E-state index in [1.807, 2.05) is 9.24 Å². The Morgan fingerprint density at radius 1 is 1.60 bits per heavy atom. The molecule has 0 heterocycles. The molecule has 82 valence electrons. The van der Waals surface area contributed by atoms with E-state index in [-0.39, 0.29) is 17.0 Å². The van der Waals surface area contributed by atoms with Crippen LogP contribution in [0, 0.1) is 12.7 Å². The summed E-state index contributed by atoms with van der Waals surface area (Å²) >= 11 is 0. The van der Waals surface area contributed by atoms with Crippen molar-refractivity contribution in [1.29, 1.82) is 0 Å². The van der Waals surface area contributed by atoms with E-state index in [1.54, 1.807) is 6.92 Å². The predicted molar refractivity (Wildman–Crippen MR) is 59.6 cm³/mol. The maximum absolute atomic E-state index is 13.3. The molecule has 5 heteroatoms. The van der Waals surface area contributed by atoms with Crippen LogP contribution in [0.5, 0.6) is 5.75 Å². The van der Waals surface area contributed by atoms with Crippen molar-refractivity contribution in [2.75, 3.05) is 0 Å². The molecule has 2 N–H and O–H groups in total. The molecular weight excluding hydrogens is 219 g/mol. The molecule has 2 atom stereocenters. The summed E-state index contributed by atoms with van der Waals surface area (Å²) < 4.78 is 30.7. The smallest absolute Gasteiger partial charge is 0.249 e. The zero-order valence-electron chi connectivity index (χ0n) is 8.26. The highest BCUT2D eigenvalue weighted by atomic mass is 31.0. The van der Waals surface area contributed by atoms with Crippen molar-refractivity contribution in [2.24, 2.45) is 5.73 Å². The topological polar surface area (TPSA) is 35.2 Å². The lowest BCUT2D eigenvalue weighted by Gasteiger charge is -2.13. The van der Waals surface area contributed by atoms with Crippen LogP contribution < -0.4 is 10.5 Å². The third kappa shape index (κ3) is 2.66. The number of alkyl halides is 1. The average Bonchev–Trinajstić information content (AvgIpc) is 2.09. The molecule has 2 unspecified atom stereocenters. The summed E-state index contributed by atoms with van der Waals surface area (Å²) in [6, 6.07) is 2.52. The minimum Gasteiger partial charge on any atom is -0.457 e. The normalized spacial score (nSPS) is 12.3. The number of halogens is 2. The van der Waals surface area contributed by atoms with Gasteiger partial charge in [-0.3, -0.25) is 0 Å². The van der Waals surface area contributed by atoms with E-state index < -0.39 is 11.9 Å². The van der Waals surface area contributed by atoms with Gasteiger partial charge in [0.15, 0.2) is 0 Å². The molecule has 1 aromatic rings. The summed E-state index contributed by atoms with van der Waals surface area (Å²) in [4.78, 5) is 0. The van der Waals surface area contributed by atoms with E-state index in [9.17, 15) is 8.78 Å². The van der Waals surface area contributed by atoms with Gasteiger partial charge in [-0.2, -0.15) is 4.39 Å². The van der Waals surface area contributed by atoms with Crippen molar-refractivity contribution < 1.29 is 13.5 Å². The highest BCUT2D eigenvalue weighted by Gasteiger charge is 2.13. The lowest BCUT2D eigenvalue weighted by molar-refractivity contribution is 0.152. The van der Waals surface area contributed by atoms with Crippen LogP contribution in [0.1, 0.15) is 11.1 Å². The SMILES string of the molecule is C=C(N)c1c(F)ccc(OC(F)P)c1C. The number of hydrogen-bond acceptors (Lipinski definition) is 2. The number of ether oxygens (including phenoxy) is 1. The van der Waals surface area contributed by atoms with Gasteiger partial charge in [-0.1, -0.05) is 15.8 Å². The third-order valence-corrected chi connectivity index (χ3v) is 2.06. The van der Waals surface area contributed by atoms with Gasteiger partial charge in [0, 0.05) is 16.8 Å². The molecule has 15 heavy (non-hydrogen) atoms. The van der Waals surface area contributed by atoms with E-state index in [4.69, 9.17) is 10.5 Å². The van der Waals surface area contributed by atoms with Gasteiger partial charge in [0.2, 0.25) is 6.10 Å². The molecule has 0 amide bonds. The first-order valence-electron chi connectivity index (χ1n) is 4.23. The van der Waals surface area contributed by atoms with Gasteiger partial charge >= 0.3 is 0 Å². The van der Waals surface area contributed by atoms with E-state index in [0.717, 1.165) is 0 Å². The maximum Gasteiger partial charge on any atom is 0.249 e. The minimum atomic E-state index is -1.53. The molecule has 0 fully saturated rings. The van der Waals surface area contributed by atoms with Crippen LogP contribution in [-0.2, 0) is 0 Å². The quantitative estimate of drug-likeness (QED) is 0.811. The Morgan fingerprint density at radius 2 is 2.20 bits per heavy atom. The first kappa shape index (κ1) is 11.9. The standard InChI is InChI=1S/C10H12F2NOP/c1-5-8(14-10(12)15)4-3-7(11)9(5)6(2)13/h3-4,10H,2,13,15H2,1H3. The molecular formula is C10H12F2NOP. The van der Waals surface area contributed by atoms with Crippen LogP contribution in [0.15, 0.2) is 18.7 Å². The second-order valence-electron chi connectivity index (χ2n) is 3.04. The highest BCUT2D eigenvalue weighted by molar-refractivity contribution is 7.16. The van der Waals surface area contributed by atoms with E-state index in [1.165, 1.54) is 12.1 Å². The molecule has 0 saturated carbocycles. The van der Waals surface area contributed by atoms with Crippen molar-refractivity contribution in [2.45, 2.75) is 13.0 Å². The van der Waals surface area contributed by atoms with Crippen LogP contribution in [-0.4, -0.2) is 6.10 Å². The third-order valence-electron chi connectivity index (χ3n) is 1.93. The van der Waals surface area contributed by atoms with Gasteiger partial charge < -0.3 is 10.5 Å². The first-order valence-corrected chi connectivity index (χ1v) is 4.90. The molecule has 0 aliphatic carbocycles. The van der Waals surface area contributed by atoms with E-state index >= 15 is 0 Å². The molecule has 0 radical (unpaired) electrons. The molecule has 0 aliphatic heterocycles. The van der Waals surface area contributed by atoms with E-state index in [0.29, 0.717) is 5.56 Å². The number of nitrogens with two attached hydrogens (primary N) is 1. The number of benzene rings is 1. The zero-order chi connectivity index (χ0) is 11.6. The summed E-state index contributed by atoms with van der Waals surface area (Å²) in [5.74, 6) is -0.244. The average molecular weight is 231 g/mol. The van der Waals surface area contributed by atoms with Gasteiger partial charge in [-0.25, -0.2) is 4.39 Å². The summed E-state index contributed by atoms with van der Waals surface area (Å²) in [6.07, 6.45) is -1.53. The van der Waals surface area contributed by atoms with Crippen molar-refractivity contribution in [3.8, 4) is 5.75 Å². The highest BCUT2D eigenvalue weighted by Crippen LogP contribution is 2.28. The Balaban J connectivity index is 3.22. The van der Waals surface area contributed by atoms with Crippen molar-refractivity contribution in [3.63, 3.8) is 0 Å². The summed E-state index contributed by atoms with van der Waals surface area (Å²) in [5.41, 5.74) is 6.12. The summed E-state index contributed by atoms with van der Waals surface area (Å²) in [7, 11) is 1.84. The molecule has 1 rings (SSSR count). The molecule has 0 saturated heterocycles. The largest absolute Gasteiger partial charge is 0.457 e. The van der Waals surface area contributed by atoms with E-state index in [2.05, 4.69) is 6.58 Å². The predicted octanol–water partition coefficient (Wildman–Crippen LogP) is 2.57. The Bertz CT molecular complexity index is 393. The Labute approximate surface area is 89.3 Å². The number of rotatable bonds is 3. The molecule has 2 nitrogen and oxygen atoms in total. The molecule has 0 spiro atoms. The molecule has 1 aromatic carbocycles. The Morgan fingerprint density at radius 3 is 2.67 bits per heavy atom. The van der Waals surface area contributed by atoms with Gasteiger partial charge in [-0.05, 0) is 19.1 Å². The van der Waals surface area contributed by atoms with Crippen LogP contribution >= 0.6 is 9.24 Å². The monoisotopic (exact) mass is 231 g/mol. The Hall–Kier alpha value is -1.15. The fraction of sp³-hybridized carbons (Fsp3) is 0.200. The van der Waals surface area contributed by atoms with Crippen molar-refractivity contribution in [1.82, 2.24) is 0 Å². The van der Waals surface area contributed by atoms with Gasteiger partial charge in [0.1, 0.15) is 11.6 Å². The fourth-order valence-corrected chi connectivity index (χ4v) is 1.45. The number of hydrogen-bond donors (Lipinski definition) is 1. The second kappa shape index (κ2) is 4.58. The molecule has 0 aromatic heterocycles. The van der Waals surface area contributed by atoms with Crippen LogP contribution in [0.3, 0.4) is 0 Å². The zero-order valence-corrected chi connectivity index (χ0v) is 9.41. The van der Waals surface area contributed by atoms with Crippen LogP contribution in [0.4, 0.5) is 8.78 Å².